The van der Waals surface area contributed by atoms with E-state index in [2.05, 4.69) is 5.32 Å². The lowest BCUT2D eigenvalue weighted by atomic mass is 10.2. The number of amides is 1. The molecule has 28 heavy (non-hydrogen) atoms. The normalized spacial score (nSPS) is 13.9. The van der Waals surface area contributed by atoms with E-state index in [1.807, 2.05) is 53.9 Å². The molecule has 2 aromatic carbocycles. The molecule has 2 heterocycles. The summed E-state index contributed by atoms with van der Waals surface area (Å²) in [6.45, 7) is 0. The van der Waals surface area contributed by atoms with Crippen LogP contribution in [0.1, 0.15) is 16.1 Å². The second-order valence-electron chi connectivity index (χ2n) is 5.89. The number of halogens is 2. The number of anilines is 1. The molecule has 1 N–H and O–H groups in total. The maximum Gasteiger partial charge on any atom is 0.433 e. The number of thiazole rings is 1. The van der Waals surface area contributed by atoms with Gasteiger partial charge in [-0.05, 0) is 35.9 Å². The van der Waals surface area contributed by atoms with Crippen LogP contribution in [-0.4, -0.2) is 11.8 Å². The molecule has 1 aliphatic rings. The standard InChI is InChI=1S/C20H13ClN2O2S2.BrH/c21-14-8-6-13(7-9-14)10-17-19(25)23-16(12-26-20(23)27-17)11-18(24)22-15-4-2-1-3-5-15;/h1-10,12H,11H2;1H/p+1/b17-10+;. The van der Waals surface area contributed by atoms with E-state index in [9.17, 15) is 9.59 Å². The third kappa shape index (κ3) is 4.55. The molecule has 8 heteroatoms. The minimum absolute atomic E-state index is 0. The van der Waals surface area contributed by atoms with Crippen molar-refractivity contribution in [3.8, 4) is 0 Å². The highest BCUT2D eigenvalue weighted by Gasteiger charge is 2.40. The fourth-order valence-electron chi connectivity index (χ4n) is 2.69. The summed E-state index contributed by atoms with van der Waals surface area (Å²) >= 11 is 8.80. The SMILES string of the molecule is Br.O=C(Cc1csc2[n+]1C(=O)/C(=C\c1ccc(Cl)cc1)S2)Nc1ccccc1. The van der Waals surface area contributed by atoms with Crippen LogP contribution in [0.2, 0.25) is 5.02 Å². The first-order chi connectivity index (χ1) is 13.1. The van der Waals surface area contributed by atoms with E-state index in [0.29, 0.717) is 15.6 Å². The second kappa shape index (κ2) is 9.05. The number of para-hydroxylation sites is 1. The van der Waals surface area contributed by atoms with Gasteiger partial charge in [0.25, 0.3) is 0 Å². The van der Waals surface area contributed by atoms with Crippen molar-refractivity contribution in [3.05, 3.63) is 81.2 Å². The molecule has 0 bridgehead atoms. The van der Waals surface area contributed by atoms with Crippen molar-refractivity contribution in [2.24, 2.45) is 0 Å². The molecule has 4 nitrogen and oxygen atoms in total. The highest BCUT2D eigenvalue weighted by Crippen LogP contribution is 2.35. The van der Waals surface area contributed by atoms with Gasteiger partial charge in [0.05, 0.1) is 5.38 Å². The summed E-state index contributed by atoms with van der Waals surface area (Å²) in [4.78, 5) is 25.8. The number of hydrogen-bond acceptors (Lipinski definition) is 4. The van der Waals surface area contributed by atoms with Crippen LogP contribution < -0.4 is 9.88 Å². The van der Waals surface area contributed by atoms with E-state index in [1.54, 1.807) is 16.7 Å². The fraction of sp³-hybridized carbons (Fsp3) is 0.0500. The number of allylic oxidation sites excluding steroid dienone is 1. The Balaban J connectivity index is 0.00000225. The molecule has 1 amide bonds. The van der Waals surface area contributed by atoms with Gasteiger partial charge < -0.3 is 5.32 Å². The summed E-state index contributed by atoms with van der Waals surface area (Å²) in [7, 11) is 0. The van der Waals surface area contributed by atoms with E-state index in [4.69, 9.17) is 11.6 Å². The maximum absolute atomic E-state index is 12.8. The van der Waals surface area contributed by atoms with Crippen molar-refractivity contribution in [2.45, 2.75) is 10.8 Å². The Hall–Kier alpha value is -1.93. The van der Waals surface area contributed by atoms with Gasteiger partial charge in [-0.2, -0.15) is 0 Å². The van der Waals surface area contributed by atoms with E-state index in [-0.39, 0.29) is 35.2 Å². The zero-order valence-corrected chi connectivity index (χ0v) is 18.5. The molecule has 0 fully saturated rings. The lowest BCUT2D eigenvalue weighted by Crippen LogP contribution is -2.43. The molecule has 0 radical (unpaired) electrons. The number of nitrogens with zero attached hydrogens (tertiary/aromatic N) is 1. The molecule has 4 rings (SSSR count). The largest absolute Gasteiger partial charge is 0.433 e. The molecule has 0 aliphatic carbocycles. The Labute approximate surface area is 186 Å². The first-order valence-corrected chi connectivity index (χ1v) is 10.2. The van der Waals surface area contributed by atoms with Gasteiger partial charge in [0.1, 0.15) is 11.3 Å². The molecule has 142 valence electrons. The molecular formula is C20H15BrClN2O2S2+. The molecule has 1 aliphatic heterocycles. The van der Waals surface area contributed by atoms with Crippen molar-refractivity contribution in [1.29, 1.82) is 0 Å². The van der Waals surface area contributed by atoms with Gasteiger partial charge >= 0.3 is 10.2 Å². The van der Waals surface area contributed by atoms with Gasteiger partial charge in [-0.15, -0.1) is 21.5 Å². The summed E-state index contributed by atoms with van der Waals surface area (Å²) in [6.07, 6.45) is 1.99. The maximum atomic E-state index is 12.8. The Morgan fingerprint density at radius 2 is 1.82 bits per heavy atom. The van der Waals surface area contributed by atoms with Gasteiger partial charge in [0.2, 0.25) is 11.6 Å². The molecule has 0 saturated heterocycles. The number of rotatable bonds is 4. The monoisotopic (exact) mass is 493 g/mol. The average molecular weight is 495 g/mol. The molecule has 1 aromatic heterocycles. The lowest BCUT2D eigenvalue weighted by molar-refractivity contribution is -0.607. The van der Waals surface area contributed by atoms with E-state index >= 15 is 0 Å². The number of fused-ring (bicyclic) bond motifs is 1. The average Bonchev–Trinajstić information content (AvgIpc) is 3.18. The number of nitrogens with one attached hydrogen (secondary N) is 1. The van der Waals surface area contributed by atoms with Crippen molar-refractivity contribution in [3.63, 3.8) is 0 Å². The summed E-state index contributed by atoms with van der Waals surface area (Å²) in [5.74, 6) is -0.254. The van der Waals surface area contributed by atoms with Gasteiger partial charge in [-0.25, -0.2) is 4.79 Å². The van der Waals surface area contributed by atoms with Crippen molar-refractivity contribution in [1.82, 2.24) is 0 Å². The van der Waals surface area contributed by atoms with E-state index in [1.165, 1.54) is 23.1 Å². The number of carbonyl (C=O) groups excluding carboxylic acids is 2. The second-order valence-corrected chi connectivity index (χ2v) is 8.47. The fourth-order valence-corrected chi connectivity index (χ4v) is 5.00. The minimum Gasteiger partial charge on any atom is -0.326 e. The Bertz CT molecular complexity index is 1050. The number of benzene rings is 2. The highest BCUT2D eigenvalue weighted by atomic mass is 79.9. The number of hydrogen-bond donors (Lipinski definition) is 1. The Morgan fingerprint density at radius 3 is 2.54 bits per heavy atom. The predicted octanol–water partition coefficient (Wildman–Crippen LogP) is 5.24. The summed E-state index contributed by atoms with van der Waals surface area (Å²) < 4.78 is 2.49. The molecule has 0 unspecified atom stereocenters. The third-order valence-electron chi connectivity index (χ3n) is 3.94. The molecular weight excluding hydrogens is 480 g/mol. The summed E-state index contributed by atoms with van der Waals surface area (Å²) in [5.41, 5.74) is 2.35. The van der Waals surface area contributed by atoms with Crippen LogP contribution >= 0.6 is 51.7 Å². The quantitative estimate of drug-likeness (QED) is 0.399. The molecule has 0 atom stereocenters. The van der Waals surface area contributed by atoms with Gasteiger partial charge in [-0.3, -0.25) is 4.79 Å². The summed E-state index contributed by atoms with van der Waals surface area (Å²) in [6, 6.07) is 16.6. The first kappa shape index (κ1) is 20.8. The van der Waals surface area contributed by atoms with Crippen LogP contribution in [-0.2, 0) is 11.2 Å². The van der Waals surface area contributed by atoms with Crippen LogP contribution in [0.15, 0.2) is 69.2 Å². The van der Waals surface area contributed by atoms with Gasteiger partial charge in [0, 0.05) is 22.5 Å². The van der Waals surface area contributed by atoms with Crippen LogP contribution in [0, 0.1) is 0 Å². The van der Waals surface area contributed by atoms with E-state index in [0.717, 1.165) is 15.6 Å². The topological polar surface area (TPSA) is 50.0 Å². The smallest absolute Gasteiger partial charge is 0.326 e. The Morgan fingerprint density at radius 1 is 1.11 bits per heavy atom. The zero-order chi connectivity index (χ0) is 18.8. The first-order valence-electron chi connectivity index (χ1n) is 8.17. The molecule has 0 spiro atoms. The summed E-state index contributed by atoms with van der Waals surface area (Å²) in [5, 5.41) is 5.37. The van der Waals surface area contributed by atoms with Crippen LogP contribution in [0.5, 0.6) is 0 Å². The zero-order valence-electron chi connectivity index (χ0n) is 14.4. The van der Waals surface area contributed by atoms with Gasteiger partial charge in [0.15, 0.2) is 0 Å². The number of thioether (sulfide) groups is 1. The number of carbonyl (C=O) groups is 2. The van der Waals surface area contributed by atoms with Crippen LogP contribution in [0.4, 0.5) is 5.69 Å². The van der Waals surface area contributed by atoms with Gasteiger partial charge in [-0.1, -0.05) is 53.3 Å². The predicted molar refractivity (Wildman–Crippen MR) is 120 cm³/mol. The Kier molecular flexibility index (Phi) is 6.72. The molecule has 0 saturated carbocycles. The van der Waals surface area contributed by atoms with Crippen molar-refractivity contribution >= 4 is 75.3 Å². The van der Waals surface area contributed by atoms with E-state index < -0.39 is 0 Å². The molecule has 3 aromatic rings. The lowest BCUT2D eigenvalue weighted by Gasteiger charge is -2.02. The van der Waals surface area contributed by atoms with Crippen molar-refractivity contribution in [2.75, 3.05) is 5.32 Å². The minimum atomic E-state index is -0.151. The number of aromatic nitrogens is 1. The highest BCUT2D eigenvalue weighted by molar-refractivity contribution is 8.93. The third-order valence-corrected chi connectivity index (χ3v) is 6.38. The van der Waals surface area contributed by atoms with Crippen LogP contribution in [0.3, 0.4) is 0 Å². The van der Waals surface area contributed by atoms with Crippen molar-refractivity contribution < 1.29 is 14.2 Å². The van der Waals surface area contributed by atoms with Crippen LogP contribution in [0.25, 0.3) is 6.08 Å².